The van der Waals surface area contributed by atoms with E-state index in [0.717, 1.165) is 0 Å². The predicted molar refractivity (Wildman–Crippen MR) is 82.4 cm³/mol. The Balaban J connectivity index is 0.00000961. The van der Waals surface area contributed by atoms with E-state index in [0.29, 0.717) is 0 Å². The van der Waals surface area contributed by atoms with Crippen molar-refractivity contribution < 1.29 is 72.0 Å². The summed E-state index contributed by atoms with van der Waals surface area (Å²) in [6.07, 6.45) is -32.9. The number of benzene rings is 1. The van der Waals surface area contributed by atoms with Crippen LogP contribution in [0, 0.1) is 0 Å². The Kier molecular flexibility index (Phi) is 10.1. The maximum Gasteiger partial charge on any atom is 0.461 e. The van der Waals surface area contributed by atoms with Crippen molar-refractivity contribution in [1.29, 1.82) is 0 Å². The Morgan fingerprint density at radius 2 is 1.03 bits per heavy atom. The van der Waals surface area contributed by atoms with Gasteiger partial charge in [0, 0.05) is 6.54 Å². The van der Waals surface area contributed by atoms with Crippen LogP contribution in [0.2, 0.25) is 0 Å². The molecular weight excluding hydrogens is 510 g/mol. The summed E-state index contributed by atoms with van der Waals surface area (Å²) in [7, 11) is 0. The van der Waals surface area contributed by atoms with Gasteiger partial charge in [0.05, 0.1) is 6.10 Å². The van der Waals surface area contributed by atoms with Gasteiger partial charge < -0.3 is 25.1 Å². The van der Waals surface area contributed by atoms with Crippen LogP contribution in [0.25, 0.3) is 0 Å². The Bertz CT molecular complexity index is 709. The summed E-state index contributed by atoms with van der Waals surface area (Å²) in [4.78, 5) is 0. The normalized spacial score (nSPS) is 13.9. The van der Waals surface area contributed by atoms with Gasteiger partial charge in [0.25, 0.3) is 0 Å². The fraction of sp³-hybridized carbons (Fsp3) is 0.571. The lowest BCUT2D eigenvalue weighted by Gasteiger charge is -2.26. The molecule has 1 aromatic rings. The molecule has 0 amide bonds. The Morgan fingerprint density at radius 3 is 1.31 bits per heavy atom. The summed E-state index contributed by atoms with van der Waals surface area (Å²) >= 11 is 0. The molecule has 0 bridgehead atoms. The van der Waals surface area contributed by atoms with Crippen molar-refractivity contribution in [3.05, 3.63) is 17.7 Å². The molecule has 32 heavy (non-hydrogen) atoms. The largest absolute Gasteiger partial charge is 0.461 e. The van der Waals surface area contributed by atoms with Gasteiger partial charge in [0.2, 0.25) is 5.75 Å². The molecule has 0 fully saturated rings. The average molecular weight is 522 g/mol. The summed E-state index contributed by atoms with van der Waals surface area (Å²) in [6.45, 7) is -0.831. The van der Waals surface area contributed by atoms with Crippen LogP contribution in [0.15, 0.2) is 12.1 Å². The monoisotopic (exact) mass is 521 g/mol. The molecule has 3 N–H and O–H groups in total. The van der Waals surface area contributed by atoms with Gasteiger partial charge in [0.15, 0.2) is 11.5 Å². The lowest BCUT2D eigenvalue weighted by molar-refractivity contribution is -0.270. The molecule has 0 radical (unpaired) electrons. The Labute approximate surface area is 176 Å². The predicted octanol–water partition coefficient (Wildman–Crippen LogP) is 4.81. The third-order valence-electron chi connectivity index (χ3n) is 3.14. The number of rotatable bonds is 11. The van der Waals surface area contributed by atoms with E-state index in [9.17, 15) is 57.8 Å². The van der Waals surface area contributed by atoms with E-state index >= 15 is 0 Å². The standard InChI is InChI=1S/C14H11F12NO4.ClH/c15-9(16)12(21,22)29-6-1-4(5(28)3-27)2-7(30-13(23,24)10(17)18)8(6)31-14(25,26)11(19)20;/h1-2,5,9-11,28H,3,27H2;1H. The first-order valence-corrected chi connectivity index (χ1v) is 7.55. The van der Waals surface area contributed by atoms with Crippen LogP contribution in [-0.4, -0.2) is 49.3 Å². The Hall–Kier alpha value is -2.01. The van der Waals surface area contributed by atoms with Gasteiger partial charge in [-0.2, -0.15) is 52.7 Å². The van der Waals surface area contributed by atoms with Crippen LogP contribution in [0.3, 0.4) is 0 Å². The van der Waals surface area contributed by atoms with E-state index in [1.165, 1.54) is 0 Å². The van der Waals surface area contributed by atoms with Crippen molar-refractivity contribution >= 4 is 12.4 Å². The molecule has 0 saturated carbocycles. The van der Waals surface area contributed by atoms with Crippen molar-refractivity contribution in [2.45, 2.75) is 43.7 Å². The summed E-state index contributed by atoms with van der Waals surface area (Å²) in [5.74, 6) is -6.41. The number of nitrogens with two attached hydrogens (primary N) is 1. The maximum absolute atomic E-state index is 13.3. The molecule has 1 atom stereocenters. The first-order valence-electron chi connectivity index (χ1n) is 7.55. The van der Waals surface area contributed by atoms with E-state index < -0.39 is 73.1 Å². The summed E-state index contributed by atoms with van der Waals surface area (Å²) in [6, 6.07) is 0.0240. The number of hydrogen-bond donors (Lipinski definition) is 2. The quantitative estimate of drug-likeness (QED) is 0.409. The molecule has 0 saturated heterocycles. The molecule has 1 rings (SSSR count). The zero-order chi connectivity index (χ0) is 24.4. The summed E-state index contributed by atoms with van der Waals surface area (Å²) < 4.78 is 164. The average Bonchev–Trinajstić information content (AvgIpc) is 2.62. The lowest BCUT2D eigenvalue weighted by Crippen LogP contribution is -2.37. The number of aliphatic hydroxyl groups is 1. The van der Waals surface area contributed by atoms with Crippen molar-refractivity contribution in [2.24, 2.45) is 5.73 Å². The first kappa shape index (κ1) is 30.0. The number of hydrogen-bond acceptors (Lipinski definition) is 5. The van der Waals surface area contributed by atoms with E-state index in [4.69, 9.17) is 5.73 Å². The lowest BCUT2D eigenvalue weighted by atomic mass is 10.1. The SMILES string of the molecule is Cl.NCC(O)c1cc(OC(F)(F)C(F)F)c(OC(F)(F)C(F)F)c(OC(F)(F)C(F)F)c1. The molecule has 0 heterocycles. The summed E-state index contributed by atoms with van der Waals surface area (Å²) in [5, 5.41) is 9.59. The van der Waals surface area contributed by atoms with E-state index in [1.54, 1.807) is 0 Å². The van der Waals surface area contributed by atoms with Gasteiger partial charge in [0.1, 0.15) is 0 Å². The minimum atomic E-state index is -5.65. The van der Waals surface area contributed by atoms with Crippen LogP contribution < -0.4 is 19.9 Å². The number of halogens is 13. The fourth-order valence-corrected chi connectivity index (χ4v) is 1.74. The first-order chi connectivity index (χ1) is 13.9. The molecule has 0 aliphatic carbocycles. The Morgan fingerprint density at radius 1 is 0.719 bits per heavy atom. The second-order valence-electron chi connectivity index (χ2n) is 5.49. The number of ether oxygens (including phenoxy) is 3. The molecule has 0 aliphatic rings. The van der Waals surface area contributed by atoms with Crippen LogP contribution in [-0.2, 0) is 0 Å². The van der Waals surface area contributed by atoms with E-state index in [1.807, 2.05) is 0 Å². The number of alkyl halides is 12. The smallest absolute Gasteiger partial charge is 0.424 e. The highest BCUT2D eigenvalue weighted by Gasteiger charge is 2.50. The highest BCUT2D eigenvalue weighted by atomic mass is 35.5. The van der Waals surface area contributed by atoms with Gasteiger partial charge in [-0.05, 0) is 17.7 Å². The van der Waals surface area contributed by atoms with E-state index in [-0.39, 0.29) is 24.5 Å². The minimum absolute atomic E-state index is 0. The highest BCUT2D eigenvalue weighted by Crippen LogP contribution is 2.47. The van der Waals surface area contributed by atoms with E-state index in [2.05, 4.69) is 14.2 Å². The zero-order valence-corrected chi connectivity index (χ0v) is 15.7. The van der Waals surface area contributed by atoms with Gasteiger partial charge in [-0.15, -0.1) is 12.4 Å². The molecule has 188 valence electrons. The zero-order valence-electron chi connectivity index (χ0n) is 14.9. The van der Waals surface area contributed by atoms with Crippen molar-refractivity contribution in [1.82, 2.24) is 0 Å². The van der Waals surface area contributed by atoms with Gasteiger partial charge in [-0.1, -0.05) is 0 Å². The molecule has 0 aliphatic heterocycles. The molecule has 0 spiro atoms. The van der Waals surface area contributed by atoms with Crippen LogP contribution >= 0.6 is 12.4 Å². The van der Waals surface area contributed by atoms with Crippen LogP contribution in [0.1, 0.15) is 11.7 Å². The molecule has 18 heteroatoms. The van der Waals surface area contributed by atoms with Crippen molar-refractivity contribution in [2.75, 3.05) is 6.54 Å². The van der Waals surface area contributed by atoms with Gasteiger partial charge in [-0.25, -0.2) is 0 Å². The molecule has 1 unspecified atom stereocenters. The van der Waals surface area contributed by atoms with Gasteiger partial charge in [-0.3, -0.25) is 0 Å². The molecular formula is C14H12ClF12NO4. The minimum Gasteiger partial charge on any atom is -0.424 e. The molecule has 5 nitrogen and oxygen atoms in total. The van der Waals surface area contributed by atoms with Crippen molar-refractivity contribution in [3.63, 3.8) is 0 Å². The van der Waals surface area contributed by atoms with Gasteiger partial charge >= 0.3 is 37.6 Å². The third kappa shape index (κ3) is 7.26. The second kappa shape index (κ2) is 10.7. The molecule has 0 aromatic heterocycles. The maximum atomic E-state index is 13.3. The fourth-order valence-electron chi connectivity index (χ4n) is 1.74. The van der Waals surface area contributed by atoms with Crippen molar-refractivity contribution in [3.8, 4) is 17.2 Å². The highest BCUT2D eigenvalue weighted by molar-refractivity contribution is 5.85. The molecule has 1 aromatic carbocycles. The summed E-state index contributed by atoms with van der Waals surface area (Å²) in [5.41, 5.74) is 4.08. The van der Waals surface area contributed by atoms with Crippen LogP contribution in [0.5, 0.6) is 17.2 Å². The van der Waals surface area contributed by atoms with Crippen LogP contribution in [0.4, 0.5) is 52.7 Å². The topological polar surface area (TPSA) is 73.9 Å². The third-order valence-corrected chi connectivity index (χ3v) is 3.14. The number of aliphatic hydroxyl groups excluding tert-OH is 1. The second-order valence-corrected chi connectivity index (χ2v) is 5.49.